The number of para-hydroxylation sites is 2. The Labute approximate surface area is 115 Å². The molecule has 0 spiro atoms. The molecule has 96 valence electrons. The van der Waals surface area contributed by atoms with Gasteiger partial charge in [0.1, 0.15) is 0 Å². The van der Waals surface area contributed by atoms with Gasteiger partial charge in [-0.2, -0.15) is 0 Å². The Balaban J connectivity index is 2.17. The van der Waals surface area contributed by atoms with Gasteiger partial charge < -0.3 is 4.42 Å². The lowest BCUT2D eigenvalue weighted by molar-refractivity contribution is 0.110. The number of hydrogen-bond donors (Lipinski definition) is 0. The summed E-state index contributed by atoms with van der Waals surface area (Å²) in [5.74, 6) is 0.992. The fraction of sp³-hybridized carbons (Fsp3) is 0. The van der Waals surface area contributed by atoms with E-state index in [9.17, 15) is 4.79 Å². The van der Waals surface area contributed by atoms with E-state index < -0.39 is 0 Å². The lowest BCUT2D eigenvalue weighted by atomic mass is 10.2. The number of fused-ring (bicyclic) bond motifs is 3. The molecule has 2 aromatic heterocycles. The van der Waals surface area contributed by atoms with E-state index in [0.717, 1.165) is 17.3 Å². The maximum absolute atomic E-state index is 10.8. The summed E-state index contributed by atoms with van der Waals surface area (Å²) in [7, 11) is 0. The Morgan fingerprint density at radius 2 is 1.40 bits per heavy atom. The van der Waals surface area contributed by atoms with E-state index in [1.54, 1.807) is 6.07 Å². The topological polar surface area (TPSA) is 35.1 Å². The Bertz CT molecular complexity index is 877. The number of benzene rings is 2. The molecule has 0 atom stereocenters. The van der Waals surface area contributed by atoms with Gasteiger partial charge in [0.15, 0.2) is 12.0 Å². The number of carbonyl (C=O) groups excluding carboxylic acids is 1. The van der Waals surface area contributed by atoms with Crippen molar-refractivity contribution in [1.29, 1.82) is 0 Å². The summed E-state index contributed by atoms with van der Waals surface area (Å²) in [5, 5.41) is 2.35. The smallest absolute Gasteiger partial charge is 0.205 e. The molecule has 0 unspecified atom stereocenters. The van der Waals surface area contributed by atoms with Crippen LogP contribution in [0.25, 0.3) is 27.7 Å². The van der Waals surface area contributed by atoms with Crippen LogP contribution >= 0.6 is 0 Å². The van der Waals surface area contributed by atoms with E-state index in [-0.39, 0.29) is 0 Å². The first kappa shape index (κ1) is 11.1. The molecule has 4 aromatic rings. The quantitative estimate of drug-likeness (QED) is 0.507. The average Bonchev–Trinajstić information content (AvgIpc) is 3.09. The lowest BCUT2D eigenvalue weighted by Gasteiger charge is -2.02. The van der Waals surface area contributed by atoms with Crippen LogP contribution in [0.1, 0.15) is 10.6 Å². The Morgan fingerprint density at radius 1 is 0.800 bits per heavy atom. The van der Waals surface area contributed by atoms with E-state index in [2.05, 4.69) is 24.3 Å². The highest BCUT2D eigenvalue weighted by Gasteiger charge is 2.13. The van der Waals surface area contributed by atoms with Crippen LogP contribution in [0, 0.1) is 0 Å². The fourth-order valence-electron chi connectivity index (χ4n) is 2.69. The van der Waals surface area contributed by atoms with Crippen molar-refractivity contribution in [2.75, 3.05) is 0 Å². The lowest BCUT2D eigenvalue weighted by Crippen LogP contribution is -1.90. The molecule has 0 aliphatic carbocycles. The summed E-state index contributed by atoms with van der Waals surface area (Å²) >= 11 is 0. The van der Waals surface area contributed by atoms with Crippen LogP contribution in [0.3, 0.4) is 0 Å². The molecular formula is C17H11NO2. The molecular weight excluding hydrogens is 250 g/mol. The Kier molecular flexibility index (Phi) is 2.27. The van der Waals surface area contributed by atoms with Crippen molar-refractivity contribution in [1.82, 2.24) is 4.57 Å². The van der Waals surface area contributed by atoms with Gasteiger partial charge in [-0.25, -0.2) is 0 Å². The Morgan fingerprint density at radius 3 is 1.95 bits per heavy atom. The number of aldehydes is 1. The predicted molar refractivity (Wildman–Crippen MR) is 78.4 cm³/mol. The molecule has 2 aromatic carbocycles. The van der Waals surface area contributed by atoms with Gasteiger partial charge in [-0.05, 0) is 18.2 Å². The second-order valence-electron chi connectivity index (χ2n) is 4.66. The highest BCUT2D eigenvalue weighted by molar-refractivity contribution is 6.08. The number of carbonyl (C=O) groups is 1. The molecule has 0 aliphatic heterocycles. The third kappa shape index (κ3) is 1.43. The first-order chi connectivity index (χ1) is 9.88. The third-order valence-electron chi connectivity index (χ3n) is 3.53. The van der Waals surface area contributed by atoms with E-state index >= 15 is 0 Å². The first-order valence-electron chi connectivity index (χ1n) is 6.42. The normalized spacial score (nSPS) is 11.2. The minimum absolute atomic E-state index is 0.335. The summed E-state index contributed by atoms with van der Waals surface area (Å²) in [6.45, 7) is 0. The van der Waals surface area contributed by atoms with Crippen molar-refractivity contribution >= 4 is 28.1 Å². The van der Waals surface area contributed by atoms with Gasteiger partial charge in [0.05, 0.1) is 11.0 Å². The summed E-state index contributed by atoms with van der Waals surface area (Å²) in [4.78, 5) is 10.8. The van der Waals surface area contributed by atoms with Gasteiger partial charge in [-0.1, -0.05) is 36.4 Å². The van der Waals surface area contributed by atoms with E-state index in [1.807, 2.05) is 34.9 Å². The van der Waals surface area contributed by atoms with Crippen LogP contribution in [0.2, 0.25) is 0 Å². The van der Waals surface area contributed by atoms with Crippen LogP contribution in [-0.2, 0) is 0 Å². The molecule has 3 nitrogen and oxygen atoms in total. The van der Waals surface area contributed by atoms with Gasteiger partial charge in [0.25, 0.3) is 0 Å². The number of furan rings is 1. The fourth-order valence-corrected chi connectivity index (χ4v) is 2.69. The zero-order chi connectivity index (χ0) is 13.5. The molecule has 0 saturated carbocycles. The van der Waals surface area contributed by atoms with Crippen LogP contribution in [0.15, 0.2) is 65.1 Å². The standard InChI is InChI=1S/C17H11NO2/c19-11-12-9-10-17(20-12)18-15-7-3-1-5-13(15)14-6-2-4-8-16(14)18/h1-11H. The molecule has 0 bridgehead atoms. The zero-order valence-corrected chi connectivity index (χ0v) is 10.6. The van der Waals surface area contributed by atoms with Gasteiger partial charge in [0.2, 0.25) is 5.88 Å². The first-order valence-corrected chi connectivity index (χ1v) is 6.42. The van der Waals surface area contributed by atoms with Crippen LogP contribution < -0.4 is 0 Å². The molecule has 20 heavy (non-hydrogen) atoms. The monoisotopic (exact) mass is 261 g/mol. The largest absolute Gasteiger partial charge is 0.437 e. The van der Waals surface area contributed by atoms with E-state index in [1.165, 1.54) is 10.8 Å². The number of rotatable bonds is 2. The molecule has 2 heterocycles. The highest BCUT2D eigenvalue weighted by Crippen LogP contribution is 2.31. The molecule has 0 aliphatic rings. The van der Waals surface area contributed by atoms with Crippen LogP contribution in [-0.4, -0.2) is 10.9 Å². The molecule has 0 radical (unpaired) electrons. The number of aromatic nitrogens is 1. The molecule has 0 N–H and O–H groups in total. The second kappa shape index (κ2) is 4.10. The molecule has 0 amide bonds. The van der Waals surface area contributed by atoms with Crippen molar-refractivity contribution < 1.29 is 9.21 Å². The van der Waals surface area contributed by atoms with Gasteiger partial charge in [0, 0.05) is 16.8 Å². The van der Waals surface area contributed by atoms with Crippen LogP contribution in [0.5, 0.6) is 0 Å². The number of nitrogens with zero attached hydrogens (tertiary/aromatic N) is 1. The number of hydrogen-bond acceptors (Lipinski definition) is 2. The van der Waals surface area contributed by atoms with Gasteiger partial charge in [-0.3, -0.25) is 9.36 Å². The van der Waals surface area contributed by atoms with Crippen LogP contribution in [0.4, 0.5) is 0 Å². The summed E-state index contributed by atoms with van der Waals surface area (Å²) in [6.07, 6.45) is 0.720. The predicted octanol–water partition coefficient (Wildman–Crippen LogP) is 4.19. The van der Waals surface area contributed by atoms with Crippen molar-refractivity contribution in [3.05, 3.63) is 66.4 Å². The minimum atomic E-state index is 0.335. The summed E-state index contributed by atoms with van der Waals surface area (Å²) < 4.78 is 7.63. The highest BCUT2D eigenvalue weighted by atomic mass is 16.4. The maximum Gasteiger partial charge on any atom is 0.205 e. The van der Waals surface area contributed by atoms with E-state index in [0.29, 0.717) is 11.6 Å². The van der Waals surface area contributed by atoms with E-state index in [4.69, 9.17) is 4.42 Å². The van der Waals surface area contributed by atoms with Gasteiger partial charge >= 0.3 is 0 Å². The third-order valence-corrected chi connectivity index (χ3v) is 3.53. The zero-order valence-electron chi connectivity index (χ0n) is 10.6. The molecule has 0 saturated heterocycles. The SMILES string of the molecule is O=Cc1ccc(-n2c3ccccc3c3ccccc32)o1. The Hall–Kier alpha value is -2.81. The minimum Gasteiger partial charge on any atom is -0.437 e. The van der Waals surface area contributed by atoms with Crippen molar-refractivity contribution in [2.45, 2.75) is 0 Å². The molecule has 4 rings (SSSR count). The van der Waals surface area contributed by atoms with Crippen molar-refractivity contribution in [2.24, 2.45) is 0 Å². The summed E-state index contributed by atoms with van der Waals surface area (Å²) in [6, 6.07) is 19.9. The van der Waals surface area contributed by atoms with Gasteiger partial charge in [-0.15, -0.1) is 0 Å². The molecule has 3 heteroatoms. The van der Waals surface area contributed by atoms with Crippen molar-refractivity contribution in [3.8, 4) is 5.88 Å². The summed E-state index contributed by atoms with van der Waals surface area (Å²) in [5.41, 5.74) is 2.14. The maximum atomic E-state index is 10.8. The van der Waals surface area contributed by atoms with Crippen molar-refractivity contribution in [3.63, 3.8) is 0 Å². The average molecular weight is 261 g/mol. The second-order valence-corrected chi connectivity index (χ2v) is 4.66. The molecule has 0 fully saturated rings.